The zero-order chi connectivity index (χ0) is 34.3. The zero-order valence-corrected chi connectivity index (χ0v) is 28.4. The highest BCUT2D eigenvalue weighted by molar-refractivity contribution is 6.17. The minimum Gasteiger partial charge on any atom is -0.247 e. The van der Waals surface area contributed by atoms with Crippen LogP contribution in [0.2, 0.25) is 0 Å². The molecule has 0 aliphatic heterocycles. The van der Waals surface area contributed by atoms with Crippen molar-refractivity contribution < 1.29 is 0 Å². The topological polar surface area (TPSA) is 17.2 Å². The normalized spacial score (nSPS) is 13.0. The van der Waals surface area contributed by atoms with Crippen molar-refractivity contribution in [2.75, 3.05) is 0 Å². The van der Waals surface area contributed by atoms with Crippen molar-refractivity contribution in [3.63, 3.8) is 0 Å². The molecular weight excluding hydrogens is 617 g/mol. The Morgan fingerprint density at radius 2 is 1.04 bits per heavy atom. The van der Waals surface area contributed by atoms with Crippen molar-refractivity contribution >= 4 is 48.9 Å². The van der Waals surface area contributed by atoms with Crippen LogP contribution in [0.25, 0.3) is 92.7 Å². The summed E-state index contributed by atoms with van der Waals surface area (Å²) in [5.41, 5.74) is 13.5. The highest BCUT2D eigenvalue weighted by Crippen LogP contribution is 2.50. The molecule has 0 saturated heterocycles. The summed E-state index contributed by atoms with van der Waals surface area (Å²) in [5.74, 6) is 0. The van der Waals surface area contributed by atoms with Crippen LogP contribution in [-0.2, 0) is 5.41 Å². The Morgan fingerprint density at radius 1 is 0.451 bits per heavy atom. The molecule has 0 radical (unpaired) electrons. The van der Waals surface area contributed by atoms with Crippen molar-refractivity contribution in [1.29, 1.82) is 0 Å². The summed E-state index contributed by atoms with van der Waals surface area (Å²) in [6, 6.07) is 57.0. The van der Waals surface area contributed by atoms with Crippen molar-refractivity contribution in [3.8, 4) is 44.6 Å². The molecule has 1 heterocycles. The molecule has 0 bridgehead atoms. The van der Waals surface area contributed by atoms with Gasteiger partial charge in [-0.25, -0.2) is 9.83 Å². The van der Waals surface area contributed by atoms with Crippen LogP contribution < -0.4 is 0 Å². The maximum Gasteiger partial charge on any atom is 0.187 e. The van der Waals surface area contributed by atoms with Crippen LogP contribution in [0.15, 0.2) is 158 Å². The van der Waals surface area contributed by atoms with Gasteiger partial charge in [0.15, 0.2) is 5.69 Å². The number of hydrogen-bond acceptors (Lipinski definition) is 1. The predicted octanol–water partition coefficient (Wildman–Crippen LogP) is 13.6. The van der Waals surface area contributed by atoms with Crippen LogP contribution >= 0.6 is 0 Å². The second-order valence-corrected chi connectivity index (χ2v) is 14.3. The third-order valence-electron chi connectivity index (χ3n) is 11.0. The van der Waals surface area contributed by atoms with Crippen LogP contribution in [0.1, 0.15) is 25.0 Å². The Morgan fingerprint density at radius 3 is 1.82 bits per heavy atom. The van der Waals surface area contributed by atoms with E-state index >= 15 is 0 Å². The minimum atomic E-state index is -0.175. The van der Waals surface area contributed by atoms with Gasteiger partial charge in [0.2, 0.25) is 0 Å². The average Bonchev–Trinajstić information content (AvgIpc) is 3.41. The van der Waals surface area contributed by atoms with E-state index in [9.17, 15) is 0 Å². The van der Waals surface area contributed by atoms with E-state index in [4.69, 9.17) is 11.6 Å². The molecule has 1 aliphatic rings. The molecule has 1 aromatic heterocycles. The molecule has 238 valence electrons. The number of rotatable bonds is 3. The van der Waals surface area contributed by atoms with Gasteiger partial charge in [-0.1, -0.05) is 129 Å². The monoisotopic (exact) mass is 648 g/mol. The molecule has 0 spiro atoms. The van der Waals surface area contributed by atoms with Gasteiger partial charge in [-0.15, -0.1) is 0 Å². The molecule has 0 N–H and O–H groups in total. The van der Waals surface area contributed by atoms with Crippen LogP contribution in [0.3, 0.4) is 0 Å². The van der Waals surface area contributed by atoms with Gasteiger partial charge in [0.1, 0.15) is 0 Å². The van der Waals surface area contributed by atoms with E-state index in [1.54, 1.807) is 0 Å². The summed E-state index contributed by atoms with van der Waals surface area (Å²) < 4.78 is 0. The van der Waals surface area contributed by atoms with Crippen LogP contribution in [0.4, 0.5) is 5.69 Å². The highest BCUT2D eigenvalue weighted by atomic mass is 14.7. The fraction of sp³-hybridized carbons (Fsp3) is 0.0612. The fourth-order valence-corrected chi connectivity index (χ4v) is 8.28. The van der Waals surface area contributed by atoms with Gasteiger partial charge in [0.25, 0.3) is 0 Å². The van der Waals surface area contributed by atoms with Crippen LogP contribution in [0, 0.1) is 6.57 Å². The van der Waals surface area contributed by atoms with Crippen LogP contribution in [0.5, 0.6) is 0 Å². The summed E-state index contributed by atoms with van der Waals surface area (Å²) >= 11 is 0. The number of pyridine rings is 1. The second kappa shape index (κ2) is 11.0. The summed E-state index contributed by atoms with van der Waals surface area (Å²) in [7, 11) is 0. The smallest absolute Gasteiger partial charge is 0.187 e. The molecule has 51 heavy (non-hydrogen) atoms. The van der Waals surface area contributed by atoms with E-state index in [2.05, 4.69) is 170 Å². The lowest BCUT2D eigenvalue weighted by atomic mass is 9.81. The van der Waals surface area contributed by atoms with E-state index in [0.29, 0.717) is 5.69 Å². The molecule has 2 nitrogen and oxygen atoms in total. The summed E-state index contributed by atoms with van der Waals surface area (Å²) in [5, 5.41) is 8.39. The molecule has 9 aromatic rings. The zero-order valence-electron chi connectivity index (χ0n) is 28.4. The van der Waals surface area contributed by atoms with Gasteiger partial charge in [-0.05, 0) is 114 Å². The number of benzene rings is 8. The Labute approximate surface area is 297 Å². The van der Waals surface area contributed by atoms with Crippen molar-refractivity contribution in [3.05, 3.63) is 180 Å². The number of fused-ring (bicyclic) bond motifs is 8. The van der Waals surface area contributed by atoms with Gasteiger partial charge >= 0.3 is 0 Å². The summed E-state index contributed by atoms with van der Waals surface area (Å²) in [4.78, 5) is 9.00. The molecule has 10 rings (SSSR count). The van der Waals surface area contributed by atoms with Crippen molar-refractivity contribution in [2.24, 2.45) is 0 Å². The third-order valence-corrected chi connectivity index (χ3v) is 11.0. The standard InChI is InChI=1S/C49H32N2/c1-49(2)45-27-37(18-20-40(45)41-21-19-39(50-3)29-46(41)49)32-15-9-14-31(22-32)35-16-17-36-24-42-43-25-33-12-7-8-13-34(33)28-47(43)51-48(30-10-5-4-6-11-30)44(42)26-38(36)23-35/h4-29H,1-2H3. The van der Waals surface area contributed by atoms with Gasteiger partial charge in [0, 0.05) is 21.8 Å². The molecule has 0 atom stereocenters. The molecule has 0 amide bonds. The molecular formula is C49H32N2. The SMILES string of the molecule is [C-]#[N+]c1ccc2c(c1)C(C)(C)c1cc(-c3cccc(-c4ccc5cc6c(cc5c4)c(-c4ccccc4)nc4cc5ccccc5cc46)c3)ccc1-2. The number of nitrogens with zero attached hydrogens (tertiary/aromatic N) is 2. The highest BCUT2D eigenvalue weighted by Gasteiger charge is 2.35. The first-order chi connectivity index (χ1) is 24.9. The predicted molar refractivity (Wildman–Crippen MR) is 214 cm³/mol. The quantitative estimate of drug-likeness (QED) is 0.106. The Bertz CT molecular complexity index is 2950. The molecule has 2 heteroatoms. The fourth-order valence-electron chi connectivity index (χ4n) is 8.28. The first kappa shape index (κ1) is 29.4. The van der Waals surface area contributed by atoms with Crippen molar-refractivity contribution in [1.82, 2.24) is 4.98 Å². The minimum absolute atomic E-state index is 0.175. The molecule has 0 unspecified atom stereocenters. The van der Waals surface area contributed by atoms with Gasteiger partial charge in [-0.3, -0.25) is 0 Å². The molecule has 8 aromatic carbocycles. The van der Waals surface area contributed by atoms with Gasteiger partial charge in [0.05, 0.1) is 17.8 Å². The van der Waals surface area contributed by atoms with Gasteiger partial charge in [-0.2, -0.15) is 0 Å². The third kappa shape index (κ3) is 4.59. The first-order valence-electron chi connectivity index (χ1n) is 17.5. The Hall–Kier alpha value is -6.56. The first-order valence-corrected chi connectivity index (χ1v) is 17.5. The lowest BCUT2D eigenvalue weighted by Gasteiger charge is -2.22. The average molecular weight is 649 g/mol. The van der Waals surface area contributed by atoms with E-state index in [-0.39, 0.29) is 5.41 Å². The maximum absolute atomic E-state index is 7.53. The second-order valence-electron chi connectivity index (χ2n) is 14.3. The number of hydrogen-bond donors (Lipinski definition) is 0. The van der Waals surface area contributed by atoms with E-state index < -0.39 is 0 Å². The van der Waals surface area contributed by atoms with Gasteiger partial charge < -0.3 is 0 Å². The largest absolute Gasteiger partial charge is 0.247 e. The molecule has 1 aliphatic carbocycles. The lowest BCUT2D eigenvalue weighted by Crippen LogP contribution is -2.14. The van der Waals surface area contributed by atoms with E-state index in [1.165, 1.54) is 76.8 Å². The van der Waals surface area contributed by atoms with E-state index in [1.807, 2.05) is 6.07 Å². The van der Waals surface area contributed by atoms with Crippen molar-refractivity contribution in [2.45, 2.75) is 19.3 Å². The summed E-state index contributed by atoms with van der Waals surface area (Å²) in [6.07, 6.45) is 0. The molecule has 0 fully saturated rings. The maximum atomic E-state index is 7.53. The lowest BCUT2D eigenvalue weighted by molar-refractivity contribution is 0.661. The van der Waals surface area contributed by atoms with Crippen LogP contribution in [-0.4, -0.2) is 4.98 Å². The van der Waals surface area contributed by atoms with E-state index in [0.717, 1.165) is 22.2 Å². The Kier molecular flexibility index (Phi) is 6.32. The molecule has 0 saturated carbocycles. The summed E-state index contributed by atoms with van der Waals surface area (Å²) in [6.45, 7) is 12.1. The number of aromatic nitrogens is 1. The Balaban J connectivity index is 1.10.